The maximum atomic E-state index is 12.3. The smallest absolute Gasteiger partial charge is 0.175 e. The van der Waals surface area contributed by atoms with Crippen LogP contribution in [0.15, 0.2) is 29.1 Å². The van der Waals surface area contributed by atoms with E-state index in [0.717, 1.165) is 0 Å². The van der Waals surface area contributed by atoms with Crippen LogP contribution < -0.4 is 0 Å². The minimum Gasteiger partial charge on any atom is -0.303 e. The third kappa shape index (κ3) is 3.80. The highest BCUT2D eigenvalue weighted by molar-refractivity contribution is 7.90. The third-order valence-corrected chi connectivity index (χ3v) is 2.92. The van der Waals surface area contributed by atoms with Crippen LogP contribution in [0.4, 0.5) is 0 Å². The number of piperidine rings is 1. The first-order chi connectivity index (χ1) is 16.8. The van der Waals surface area contributed by atoms with E-state index >= 15 is 0 Å². The predicted octanol–water partition coefficient (Wildman–Crippen LogP) is 2.68. The van der Waals surface area contributed by atoms with E-state index in [1.54, 1.807) is 0 Å². The largest absolute Gasteiger partial charge is 0.303 e. The van der Waals surface area contributed by atoms with Crippen molar-refractivity contribution in [3.8, 4) is 0 Å². The maximum absolute atomic E-state index is 12.3. The van der Waals surface area contributed by atoms with E-state index in [0.29, 0.717) is 6.26 Å². The van der Waals surface area contributed by atoms with Gasteiger partial charge in [0.25, 0.3) is 0 Å². The van der Waals surface area contributed by atoms with Crippen LogP contribution in [-0.4, -0.2) is 39.1 Å². The van der Waals surface area contributed by atoms with E-state index < -0.39 is 101 Å². The highest BCUT2D eigenvalue weighted by atomic mass is 32.2. The molecule has 0 saturated carbocycles. The summed E-state index contributed by atoms with van der Waals surface area (Å²) in [5, 5.41) is 0. The van der Waals surface area contributed by atoms with E-state index in [-0.39, 0.29) is 0 Å². The second kappa shape index (κ2) is 6.06. The van der Waals surface area contributed by atoms with Crippen LogP contribution in [-0.2, 0) is 9.84 Å². The summed E-state index contributed by atoms with van der Waals surface area (Å²) >= 11 is 0. The maximum Gasteiger partial charge on any atom is 0.175 e. The lowest BCUT2D eigenvalue weighted by molar-refractivity contribution is 0.208. The first-order valence-corrected chi connectivity index (χ1v) is 6.76. The van der Waals surface area contributed by atoms with Crippen molar-refractivity contribution in [1.82, 2.24) is 4.90 Å². The van der Waals surface area contributed by atoms with Gasteiger partial charge in [-0.1, -0.05) is 18.9 Å². The van der Waals surface area contributed by atoms with Crippen LogP contribution in [0.3, 0.4) is 0 Å². The molecule has 1 fully saturated rings. The Morgan fingerprint density at radius 2 is 2.53 bits per heavy atom. The summed E-state index contributed by atoms with van der Waals surface area (Å²) in [6.45, 7) is -17.1. The van der Waals surface area contributed by atoms with Gasteiger partial charge in [-0.25, -0.2) is 8.42 Å². The molecule has 3 nitrogen and oxygen atoms in total. The number of benzene rings is 1. The molecule has 1 aliphatic rings. The molecule has 1 atom stereocenters. The molecule has 0 N–H and O–H groups in total. The molecule has 1 saturated heterocycles. The van der Waals surface area contributed by atoms with Gasteiger partial charge < -0.3 is 4.90 Å². The molecule has 4 heteroatoms. The molecule has 0 unspecified atom stereocenters. The van der Waals surface area contributed by atoms with Gasteiger partial charge in [0.05, 0.1) is 10.4 Å². The summed E-state index contributed by atoms with van der Waals surface area (Å²) in [6, 6.07) is -5.77. The Balaban J connectivity index is 3.31. The van der Waals surface area contributed by atoms with Crippen molar-refractivity contribution in [3.05, 3.63) is 29.7 Å². The van der Waals surface area contributed by atoms with Crippen LogP contribution >= 0.6 is 0 Å². The number of sulfone groups is 1. The van der Waals surface area contributed by atoms with Crippen molar-refractivity contribution in [2.45, 2.75) is 36.8 Å². The quantitative estimate of drug-likeness (QED) is 0.858. The Morgan fingerprint density at radius 1 is 1.68 bits per heavy atom. The van der Waals surface area contributed by atoms with Crippen molar-refractivity contribution >= 4 is 9.84 Å². The monoisotopic (exact) mass is 301 g/mol. The summed E-state index contributed by atoms with van der Waals surface area (Å²) in [5.74, 6) is -4.26. The Kier molecular flexibility index (Phi) is 1.11. The van der Waals surface area contributed by atoms with Gasteiger partial charge in [-0.15, -0.1) is 0 Å². The average Bonchev–Trinajstić information content (AvgIpc) is 2.68. The lowest BCUT2D eigenvalue weighted by Crippen LogP contribution is -2.34. The zero-order valence-electron chi connectivity index (χ0n) is 29.7. The fourth-order valence-electron chi connectivity index (χ4n) is 1.18. The molecule has 0 amide bonds. The SMILES string of the molecule is [2H]c1c([2H])c([C@@]2([2H])C([2H])([2H])N(C([2H])([2H])C([2H])([2H])C([2H])([2H])[2H])C([2H])([2H])C([2H])([2H])C2([2H])[2H])c([2H])c(S(C)(=O)=O)c1[2H]. The Hall–Kier alpha value is -0.870. The Morgan fingerprint density at radius 3 is 3.26 bits per heavy atom. The van der Waals surface area contributed by atoms with Gasteiger partial charge >= 0.3 is 0 Å². The van der Waals surface area contributed by atoms with Crippen LogP contribution in [0, 0.1) is 0 Å². The lowest BCUT2D eigenvalue weighted by Gasteiger charge is -2.32. The molecule has 2 rings (SSSR count). The van der Waals surface area contributed by atoms with Gasteiger partial charge in [0.1, 0.15) is 0 Å². The topological polar surface area (TPSA) is 37.4 Å². The van der Waals surface area contributed by atoms with E-state index in [1.165, 1.54) is 0 Å². The molecule has 1 aromatic rings. The summed E-state index contributed by atoms with van der Waals surface area (Å²) in [6.07, 6.45) is -12.3. The standard InChI is InChI=1S/C15H23NO2S/c1-3-9-16-10-5-7-14(12-16)13-6-4-8-15(11-13)19(2,17)18/h4,6,8,11,14H,3,5,7,9-10,12H2,1-2H3/t14-/m1/s1/i1D3,3D2,4D,5D2,6D,7D2,8D,9D2,10D2,11D,12D2,14D. The highest BCUT2D eigenvalue weighted by Gasteiger charge is 2.21. The summed E-state index contributed by atoms with van der Waals surface area (Å²) in [5.41, 5.74) is -1.69. The molecule has 1 aromatic carbocycles. The van der Waals surface area contributed by atoms with Gasteiger partial charge in [-0.05, 0) is 55.7 Å². The summed E-state index contributed by atoms with van der Waals surface area (Å²) < 4.78 is 187. The van der Waals surface area contributed by atoms with E-state index in [4.69, 9.17) is 27.4 Å². The van der Waals surface area contributed by atoms with E-state index in [1.807, 2.05) is 0 Å². The van der Waals surface area contributed by atoms with E-state index in [2.05, 4.69) is 0 Å². The first kappa shape index (κ1) is 3.47. The fourth-order valence-corrected chi connectivity index (χ4v) is 1.71. The summed E-state index contributed by atoms with van der Waals surface area (Å²) in [7, 11) is -4.70. The average molecular weight is 302 g/mol. The van der Waals surface area contributed by atoms with Crippen LogP contribution in [0.1, 0.15) is 64.8 Å². The zero-order valence-corrected chi connectivity index (χ0v) is 10.5. The second-order valence-corrected chi connectivity index (χ2v) is 5.35. The zero-order chi connectivity index (χ0) is 31.5. The van der Waals surface area contributed by atoms with Gasteiger partial charge in [0.2, 0.25) is 0 Å². The minimum atomic E-state index is -4.70. The van der Waals surface area contributed by atoms with Crippen LogP contribution in [0.5, 0.6) is 0 Å². The molecule has 0 aromatic heterocycles. The second-order valence-electron chi connectivity index (χ2n) is 3.40. The number of nitrogens with zero attached hydrogens (tertiary/aromatic N) is 1. The molecule has 1 heterocycles. The Labute approximate surface area is 144 Å². The molecule has 1 aliphatic heterocycles. The van der Waals surface area contributed by atoms with Crippen molar-refractivity contribution in [3.63, 3.8) is 0 Å². The molecule has 0 bridgehead atoms. The van der Waals surface area contributed by atoms with Crippen LogP contribution in [0.25, 0.3) is 0 Å². The van der Waals surface area contributed by atoms with Crippen LogP contribution in [0.2, 0.25) is 0 Å². The highest BCUT2D eigenvalue weighted by Crippen LogP contribution is 2.28. The lowest BCUT2D eigenvalue weighted by atomic mass is 9.90. The van der Waals surface area contributed by atoms with Crippen molar-refractivity contribution in [1.29, 1.82) is 0 Å². The Bertz CT molecular complexity index is 1300. The third-order valence-electron chi connectivity index (χ3n) is 1.97. The molecule has 19 heavy (non-hydrogen) atoms. The van der Waals surface area contributed by atoms with Gasteiger partial charge in [0.15, 0.2) is 9.84 Å². The van der Waals surface area contributed by atoms with Crippen molar-refractivity contribution in [2.24, 2.45) is 0 Å². The first-order valence-electron chi connectivity index (χ1n) is 14.9. The van der Waals surface area contributed by atoms with Gasteiger partial charge in [-0.3, -0.25) is 0 Å². The molecule has 106 valence electrons. The normalized spacial score (nSPS) is 53.5. The number of rotatable bonds is 4. The van der Waals surface area contributed by atoms with Gasteiger partial charge in [0, 0.05) is 34.7 Å². The predicted molar refractivity (Wildman–Crippen MR) is 78.3 cm³/mol. The van der Waals surface area contributed by atoms with E-state index in [9.17, 15) is 8.42 Å². The minimum absolute atomic E-state index is 0.430. The molecular formula is C15H23NO2S. The van der Waals surface area contributed by atoms with Gasteiger partial charge in [-0.2, -0.15) is 0 Å². The molecule has 0 radical (unpaired) electrons. The van der Waals surface area contributed by atoms with Crippen molar-refractivity contribution in [2.75, 3.05) is 25.7 Å². The number of hydrogen-bond acceptors (Lipinski definition) is 3. The number of hydrogen-bond donors (Lipinski definition) is 0. The van der Waals surface area contributed by atoms with Crippen molar-refractivity contribution < 1.29 is 35.8 Å². The number of likely N-dealkylation sites (tertiary alicyclic amines) is 1. The fraction of sp³-hybridized carbons (Fsp3) is 0.600. The molecule has 0 spiro atoms. The summed E-state index contributed by atoms with van der Waals surface area (Å²) in [4.78, 5) is -2.36. The molecule has 0 aliphatic carbocycles. The molecular weight excluding hydrogens is 258 g/mol.